The van der Waals surface area contributed by atoms with Gasteiger partial charge in [-0.15, -0.1) is 0 Å². The molecule has 0 spiro atoms. The molecule has 0 atom stereocenters. The Balaban J connectivity index is 1.62. The van der Waals surface area contributed by atoms with Gasteiger partial charge < -0.3 is 9.84 Å². The van der Waals surface area contributed by atoms with Gasteiger partial charge in [-0.3, -0.25) is 9.78 Å². The highest BCUT2D eigenvalue weighted by atomic mass is 16.5. The molecule has 0 unspecified atom stereocenters. The fourth-order valence-electron chi connectivity index (χ4n) is 3.08. The summed E-state index contributed by atoms with van der Waals surface area (Å²) < 4.78 is 5.82. The molecular formula is C23H19NO3. The number of pyridine rings is 1. The van der Waals surface area contributed by atoms with Crippen LogP contribution >= 0.6 is 0 Å². The zero-order chi connectivity index (χ0) is 19.0. The van der Waals surface area contributed by atoms with Gasteiger partial charge in [-0.1, -0.05) is 18.2 Å². The fourth-order valence-corrected chi connectivity index (χ4v) is 3.08. The number of fused-ring (bicyclic) bond motifs is 2. The second-order valence-corrected chi connectivity index (χ2v) is 7.07. The number of para-hydroxylation sites is 1. The van der Waals surface area contributed by atoms with E-state index in [2.05, 4.69) is 4.98 Å². The van der Waals surface area contributed by atoms with Crippen LogP contribution in [0.3, 0.4) is 0 Å². The minimum atomic E-state index is -0.437. The molecule has 1 aliphatic rings. The van der Waals surface area contributed by atoms with Gasteiger partial charge in [0.05, 0.1) is 16.6 Å². The van der Waals surface area contributed by atoms with Gasteiger partial charge in [0.15, 0.2) is 5.78 Å². The van der Waals surface area contributed by atoms with Crippen molar-refractivity contribution in [3.8, 4) is 11.5 Å². The smallest absolute Gasteiger partial charge is 0.189 e. The van der Waals surface area contributed by atoms with E-state index in [1.54, 1.807) is 30.5 Å². The molecule has 4 rings (SSSR count). The third-order valence-corrected chi connectivity index (χ3v) is 4.51. The maximum atomic E-state index is 12.6. The molecule has 1 aromatic heterocycles. The summed E-state index contributed by atoms with van der Waals surface area (Å²) in [7, 11) is 0. The molecule has 0 fully saturated rings. The first-order chi connectivity index (χ1) is 12.9. The summed E-state index contributed by atoms with van der Waals surface area (Å²) in [5.41, 5.74) is 2.06. The predicted molar refractivity (Wildman–Crippen MR) is 107 cm³/mol. The van der Waals surface area contributed by atoms with Crippen LogP contribution < -0.4 is 4.74 Å². The molecule has 134 valence electrons. The number of aromatic hydroxyl groups is 1. The van der Waals surface area contributed by atoms with E-state index in [9.17, 15) is 9.90 Å². The summed E-state index contributed by atoms with van der Waals surface area (Å²) in [6.07, 6.45) is 8.53. The maximum Gasteiger partial charge on any atom is 0.189 e. The largest absolute Gasteiger partial charge is 0.506 e. The topological polar surface area (TPSA) is 59.4 Å². The standard InChI is InChI=1S/C23H19NO3/c1-23(2)12-11-18-21(27-23)10-8-17(22(18)26)20(25)9-7-15-13-16-5-3-4-6-19(16)24-14-15/h3-14,26H,1-2H3/b9-7+. The summed E-state index contributed by atoms with van der Waals surface area (Å²) in [5.74, 6) is 0.228. The number of carbonyl (C=O) groups is 1. The number of benzene rings is 2. The first-order valence-corrected chi connectivity index (χ1v) is 8.74. The Morgan fingerprint density at radius 1 is 1.19 bits per heavy atom. The van der Waals surface area contributed by atoms with Crippen LogP contribution in [0, 0.1) is 0 Å². The van der Waals surface area contributed by atoms with Crippen molar-refractivity contribution in [2.75, 3.05) is 0 Å². The summed E-state index contributed by atoms with van der Waals surface area (Å²) in [6, 6.07) is 13.1. The van der Waals surface area contributed by atoms with Crippen LogP contribution in [0.15, 0.2) is 60.8 Å². The fraction of sp³-hybridized carbons (Fsp3) is 0.130. The Kier molecular flexibility index (Phi) is 4.04. The van der Waals surface area contributed by atoms with E-state index in [0.717, 1.165) is 16.5 Å². The predicted octanol–water partition coefficient (Wildman–Crippen LogP) is 5.02. The van der Waals surface area contributed by atoms with Crippen LogP contribution in [-0.2, 0) is 0 Å². The van der Waals surface area contributed by atoms with Crippen molar-refractivity contribution in [2.45, 2.75) is 19.4 Å². The lowest BCUT2D eigenvalue weighted by Gasteiger charge is -2.28. The van der Waals surface area contributed by atoms with Gasteiger partial charge in [0.2, 0.25) is 0 Å². The zero-order valence-corrected chi connectivity index (χ0v) is 15.1. The van der Waals surface area contributed by atoms with Gasteiger partial charge in [-0.25, -0.2) is 0 Å². The van der Waals surface area contributed by atoms with E-state index in [0.29, 0.717) is 11.3 Å². The summed E-state index contributed by atoms with van der Waals surface area (Å²) in [5, 5.41) is 11.5. The average molecular weight is 357 g/mol. The highest BCUT2D eigenvalue weighted by Gasteiger charge is 2.25. The van der Waals surface area contributed by atoms with E-state index < -0.39 is 5.60 Å². The molecule has 0 amide bonds. The number of aromatic nitrogens is 1. The van der Waals surface area contributed by atoms with Crippen molar-refractivity contribution >= 4 is 28.8 Å². The van der Waals surface area contributed by atoms with Crippen molar-refractivity contribution in [3.05, 3.63) is 77.5 Å². The van der Waals surface area contributed by atoms with Gasteiger partial charge in [0.1, 0.15) is 17.1 Å². The monoisotopic (exact) mass is 357 g/mol. The van der Waals surface area contributed by atoms with Gasteiger partial charge in [-0.05, 0) is 68.0 Å². The van der Waals surface area contributed by atoms with E-state index in [1.807, 2.05) is 50.3 Å². The number of rotatable bonds is 3. The third kappa shape index (κ3) is 3.34. The number of ether oxygens (including phenoxy) is 1. The minimum Gasteiger partial charge on any atom is -0.506 e. The summed E-state index contributed by atoms with van der Waals surface area (Å²) in [6.45, 7) is 3.87. The van der Waals surface area contributed by atoms with Gasteiger partial charge in [-0.2, -0.15) is 0 Å². The Bertz CT molecular complexity index is 1110. The number of carbonyl (C=O) groups excluding carboxylic acids is 1. The van der Waals surface area contributed by atoms with E-state index in [1.165, 1.54) is 6.08 Å². The van der Waals surface area contributed by atoms with Crippen LogP contribution in [0.1, 0.15) is 35.3 Å². The van der Waals surface area contributed by atoms with Crippen LogP contribution in [0.4, 0.5) is 0 Å². The highest BCUT2D eigenvalue weighted by Crippen LogP contribution is 2.38. The van der Waals surface area contributed by atoms with Crippen LogP contribution in [0.25, 0.3) is 23.1 Å². The number of hydrogen-bond donors (Lipinski definition) is 1. The molecule has 1 aliphatic heterocycles. The van der Waals surface area contributed by atoms with Gasteiger partial charge >= 0.3 is 0 Å². The van der Waals surface area contributed by atoms with Crippen LogP contribution in [-0.4, -0.2) is 21.5 Å². The molecule has 2 aromatic carbocycles. The third-order valence-electron chi connectivity index (χ3n) is 4.51. The lowest BCUT2D eigenvalue weighted by molar-refractivity contribution is 0.104. The molecule has 27 heavy (non-hydrogen) atoms. The zero-order valence-electron chi connectivity index (χ0n) is 15.1. The number of hydrogen-bond acceptors (Lipinski definition) is 4. The van der Waals surface area contributed by atoms with Gasteiger partial charge in [0, 0.05) is 11.6 Å². The highest BCUT2D eigenvalue weighted by molar-refractivity contribution is 6.09. The van der Waals surface area contributed by atoms with Crippen molar-refractivity contribution in [1.29, 1.82) is 0 Å². The lowest BCUT2D eigenvalue weighted by atomic mass is 9.98. The first-order valence-electron chi connectivity index (χ1n) is 8.74. The number of phenolic OH excluding ortho intramolecular Hbond substituents is 1. The lowest BCUT2D eigenvalue weighted by Crippen LogP contribution is -2.27. The molecule has 0 saturated carbocycles. The Morgan fingerprint density at radius 3 is 2.85 bits per heavy atom. The second-order valence-electron chi connectivity index (χ2n) is 7.07. The summed E-state index contributed by atoms with van der Waals surface area (Å²) >= 11 is 0. The molecule has 3 aromatic rings. The van der Waals surface area contributed by atoms with Crippen molar-refractivity contribution in [3.63, 3.8) is 0 Å². The first kappa shape index (κ1) is 17.0. The molecule has 0 saturated heterocycles. The normalized spacial score (nSPS) is 14.9. The molecule has 0 aliphatic carbocycles. The Labute approximate surface area is 157 Å². The quantitative estimate of drug-likeness (QED) is 0.528. The SMILES string of the molecule is CC1(C)C=Cc2c(ccc(C(=O)/C=C/c3cnc4ccccc4c3)c2O)O1. The number of phenols is 1. The van der Waals surface area contributed by atoms with E-state index >= 15 is 0 Å². The summed E-state index contributed by atoms with van der Waals surface area (Å²) in [4.78, 5) is 17.0. The molecule has 1 N–H and O–H groups in total. The van der Waals surface area contributed by atoms with E-state index in [-0.39, 0.29) is 17.1 Å². The number of nitrogens with zero attached hydrogens (tertiary/aromatic N) is 1. The number of allylic oxidation sites excluding steroid dienone is 1. The van der Waals surface area contributed by atoms with Crippen molar-refractivity contribution in [2.24, 2.45) is 0 Å². The molecule has 0 bridgehead atoms. The maximum absolute atomic E-state index is 12.6. The minimum absolute atomic E-state index is 0.0643. The van der Waals surface area contributed by atoms with Gasteiger partial charge in [0.25, 0.3) is 0 Å². The molecule has 4 nitrogen and oxygen atoms in total. The van der Waals surface area contributed by atoms with Crippen LogP contribution in [0.2, 0.25) is 0 Å². The molecule has 0 radical (unpaired) electrons. The van der Waals surface area contributed by atoms with Crippen molar-refractivity contribution in [1.82, 2.24) is 4.98 Å². The molecule has 2 heterocycles. The molecule has 4 heteroatoms. The Hall–Kier alpha value is -3.40. The number of ketones is 1. The van der Waals surface area contributed by atoms with Crippen LogP contribution in [0.5, 0.6) is 11.5 Å². The second kappa shape index (κ2) is 6.40. The van der Waals surface area contributed by atoms with Crippen molar-refractivity contribution < 1.29 is 14.6 Å². The Morgan fingerprint density at radius 2 is 2.00 bits per heavy atom. The van der Waals surface area contributed by atoms with E-state index in [4.69, 9.17) is 4.74 Å². The average Bonchev–Trinajstić information content (AvgIpc) is 2.65. The molecular weight excluding hydrogens is 338 g/mol.